The van der Waals surface area contributed by atoms with Gasteiger partial charge in [-0.1, -0.05) is 0 Å². The van der Waals surface area contributed by atoms with Crippen molar-refractivity contribution >= 4 is 12.1 Å². The maximum Gasteiger partial charge on any atom is 1.00 e. The van der Waals surface area contributed by atoms with Gasteiger partial charge in [-0.15, -0.1) is 0 Å². The van der Waals surface area contributed by atoms with Gasteiger partial charge < -0.3 is 16.7 Å². The molecule has 0 aliphatic rings. The summed E-state index contributed by atoms with van der Waals surface area (Å²) in [5.41, 5.74) is 0. The number of carboxylic acid groups (broad SMARTS) is 1. The van der Waals surface area contributed by atoms with Crippen LogP contribution in [0.1, 0.15) is 1.43 Å². The Balaban J connectivity index is -0.000000320. The van der Waals surface area contributed by atoms with E-state index >= 15 is 0 Å². The minimum absolute atomic E-state index is 0. The number of hydrogen-bond acceptors (Lipinski definition) is 4. The normalized spacial score (nSPS) is 7.30. The van der Waals surface area contributed by atoms with Crippen LogP contribution in [-0.4, -0.2) is 23.7 Å². The van der Waals surface area contributed by atoms with Crippen LogP contribution in [0, 0.1) is 0 Å². The van der Waals surface area contributed by atoms with Gasteiger partial charge >= 0.3 is 41.6 Å². The summed E-state index contributed by atoms with van der Waals surface area (Å²) in [6.45, 7) is -0.425. The van der Waals surface area contributed by atoms with E-state index < -0.39 is 18.6 Å². The van der Waals surface area contributed by atoms with E-state index in [9.17, 15) is 9.59 Å². The molecule has 0 radical (unpaired) electrons. The molecule has 54 valence electrons. The number of rotatable bonds is 2. The minimum atomic E-state index is -1.29. The van der Waals surface area contributed by atoms with E-state index in [2.05, 4.69) is 10.7 Å². The van der Waals surface area contributed by atoms with Crippen LogP contribution in [0.4, 0.5) is 4.79 Å². The maximum absolute atomic E-state index is 10.0. The average molecular weight is 158 g/mol. The van der Waals surface area contributed by atoms with Gasteiger partial charge in [0.2, 0.25) is 0 Å². The van der Waals surface area contributed by atoms with E-state index in [0.29, 0.717) is 0 Å². The van der Waals surface area contributed by atoms with E-state index in [4.69, 9.17) is 5.11 Å². The molecule has 10 heavy (non-hydrogen) atoms. The first-order chi connectivity index (χ1) is 4.16. The Morgan fingerprint density at radius 1 is 1.70 bits per heavy atom. The van der Waals surface area contributed by atoms with E-state index in [1.807, 2.05) is 0 Å². The molecular weight excluding hydrogens is 151 g/mol. The van der Waals surface area contributed by atoms with Crippen molar-refractivity contribution in [1.29, 1.82) is 0 Å². The van der Waals surface area contributed by atoms with E-state index in [1.165, 1.54) is 0 Å². The van der Waals surface area contributed by atoms with Crippen molar-refractivity contribution in [3.63, 3.8) is 0 Å². The average Bonchev–Trinajstić information content (AvgIpc) is 1.83. The largest absolute Gasteiger partial charge is 1.00 e. The fourth-order valence-electron chi connectivity index (χ4n) is 0.189. The van der Waals surface area contributed by atoms with Crippen LogP contribution in [-0.2, 0) is 9.63 Å². The third kappa shape index (κ3) is 7.70. The molecule has 7 heteroatoms. The first kappa shape index (κ1) is 12.4. The standard InChI is InChI=1S/C3H6N2O4.Na.H/c4-9-2(6)1-5-3(7)8;;/h5H,1,4H2,(H,7,8);;/q;+1;-1. The SMILES string of the molecule is NOC(=O)CNC(=O)O.[H-].[Na+]. The molecule has 0 aliphatic carbocycles. The number of hydrogen-bond donors (Lipinski definition) is 3. The summed E-state index contributed by atoms with van der Waals surface area (Å²) in [5, 5.41) is 9.66. The molecule has 0 rings (SSSR count). The van der Waals surface area contributed by atoms with Gasteiger partial charge in [0.1, 0.15) is 6.54 Å². The zero-order chi connectivity index (χ0) is 7.28. The van der Waals surface area contributed by atoms with Crippen LogP contribution in [0.15, 0.2) is 0 Å². The Hall–Kier alpha value is -0.300. The molecule has 0 aromatic rings. The molecule has 6 nitrogen and oxygen atoms in total. The predicted octanol–water partition coefficient (Wildman–Crippen LogP) is -4.21. The number of amides is 1. The zero-order valence-corrected chi connectivity index (χ0v) is 7.46. The van der Waals surface area contributed by atoms with Crippen molar-refractivity contribution in [3.05, 3.63) is 0 Å². The molecule has 0 bridgehead atoms. The summed E-state index contributed by atoms with van der Waals surface area (Å²) < 4.78 is 0. The number of nitrogens with two attached hydrogens (primary N) is 1. The van der Waals surface area contributed by atoms with Gasteiger partial charge in [0.25, 0.3) is 0 Å². The molecule has 0 fully saturated rings. The van der Waals surface area contributed by atoms with Gasteiger partial charge in [-0.2, -0.15) is 5.90 Å². The van der Waals surface area contributed by atoms with E-state index in [0.717, 1.165) is 0 Å². The Labute approximate surface area is 80.4 Å². The molecule has 0 saturated heterocycles. The van der Waals surface area contributed by atoms with Crippen molar-refractivity contribution in [2.75, 3.05) is 6.54 Å². The van der Waals surface area contributed by atoms with Crippen molar-refractivity contribution in [3.8, 4) is 0 Å². The van der Waals surface area contributed by atoms with E-state index in [-0.39, 0.29) is 31.0 Å². The summed E-state index contributed by atoms with van der Waals surface area (Å²) in [5.74, 6) is 3.55. The molecule has 0 unspecified atom stereocenters. The third-order valence-electron chi connectivity index (χ3n) is 0.515. The molecule has 0 spiro atoms. The summed E-state index contributed by atoms with van der Waals surface area (Å²) in [6, 6.07) is 0. The van der Waals surface area contributed by atoms with E-state index in [1.54, 1.807) is 5.32 Å². The molecule has 0 aliphatic heterocycles. The fraction of sp³-hybridized carbons (Fsp3) is 0.333. The predicted molar refractivity (Wildman–Crippen MR) is 27.4 cm³/mol. The molecule has 0 saturated carbocycles. The van der Waals surface area contributed by atoms with Crippen molar-refractivity contribution in [2.45, 2.75) is 0 Å². The minimum Gasteiger partial charge on any atom is -1.00 e. The maximum atomic E-state index is 10.0. The Bertz CT molecular complexity index is 133. The second-order valence-electron chi connectivity index (χ2n) is 1.15. The van der Waals surface area contributed by atoms with Crippen LogP contribution < -0.4 is 40.8 Å². The Kier molecular flexibility index (Phi) is 8.44. The van der Waals surface area contributed by atoms with Gasteiger partial charge in [-0.3, -0.25) is 0 Å². The molecule has 0 aromatic carbocycles. The monoisotopic (exact) mass is 158 g/mol. The van der Waals surface area contributed by atoms with Crippen LogP contribution >= 0.6 is 0 Å². The van der Waals surface area contributed by atoms with Crippen LogP contribution in [0.25, 0.3) is 0 Å². The quantitative estimate of drug-likeness (QED) is 0.279. The van der Waals surface area contributed by atoms with Gasteiger partial charge in [0.15, 0.2) is 0 Å². The van der Waals surface area contributed by atoms with Crippen molar-refractivity contribution in [2.24, 2.45) is 5.90 Å². The molecule has 4 N–H and O–H groups in total. The van der Waals surface area contributed by atoms with Gasteiger partial charge in [-0.05, 0) is 0 Å². The second kappa shape index (κ2) is 6.81. The number of carbonyl (C=O) groups excluding carboxylic acids is 1. The van der Waals surface area contributed by atoms with Gasteiger partial charge in [0, 0.05) is 0 Å². The topological polar surface area (TPSA) is 102 Å². The summed E-state index contributed by atoms with van der Waals surface area (Å²) in [4.78, 5) is 23.3. The van der Waals surface area contributed by atoms with Crippen molar-refractivity contribution < 1.29 is 50.5 Å². The molecular formula is C3H7N2NaO4. The fourth-order valence-corrected chi connectivity index (χ4v) is 0.189. The summed E-state index contributed by atoms with van der Waals surface area (Å²) in [7, 11) is 0. The van der Waals surface area contributed by atoms with Gasteiger partial charge in [-0.25, -0.2) is 9.59 Å². The molecule has 0 aromatic heterocycles. The summed E-state index contributed by atoms with van der Waals surface area (Å²) >= 11 is 0. The van der Waals surface area contributed by atoms with Crippen LogP contribution in [0.5, 0.6) is 0 Å². The van der Waals surface area contributed by atoms with Gasteiger partial charge in [0.05, 0.1) is 0 Å². The smallest absolute Gasteiger partial charge is 1.00 e. The Morgan fingerprint density at radius 3 is 2.50 bits per heavy atom. The third-order valence-corrected chi connectivity index (χ3v) is 0.515. The van der Waals surface area contributed by atoms with Crippen molar-refractivity contribution in [1.82, 2.24) is 5.32 Å². The zero-order valence-electron chi connectivity index (χ0n) is 6.46. The van der Waals surface area contributed by atoms with Crippen LogP contribution in [0.2, 0.25) is 0 Å². The first-order valence-corrected chi connectivity index (χ1v) is 2.03. The first-order valence-electron chi connectivity index (χ1n) is 2.03. The molecule has 0 heterocycles. The van der Waals surface area contributed by atoms with Crippen LogP contribution in [0.3, 0.4) is 0 Å². The summed E-state index contributed by atoms with van der Waals surface area (Å²) in [6.07, 6.45) is -1.29. The molecule has 1 amide bonds. The number of nitrogens with one attached hydrogen (secondary N) is 1. The number of carbonyl (C=O) groups is 2. The Morgan fingerprint density at radius 2 is 2.20 bits per heavy atom. The molecule has 0 atom stereocenters. The second-order valence-corrected chi connectivity index (χ2v) is 1.15.